The number of anilines is 3. The van der Waals surface area contributed by atoms with Gasteiger partial charge < -0.3 is 9.80 Å². The standard InChI is InChI=1S/C45H46N2/c1-5-9-18-40(8-4)46(42-20-13-11-14-21-42)44-32-28-38(29-33-44)36-24-26-37(27-25-36)39-30-34-45(35-31-39)47(43-22-15-12-16-23-43)41(17-7-3)19-10-6-2/h7-8,10,12-13,15-35H,3-6,9,11,14H2,1-2H3/b19-10-,40-18+,41-17+. The predicted molar refractivity (Wildman–Crippen MR) is 206 cm³/mol. The Morgan fingerprint density at radius 1 is 0.660 bits per heavy atom. The van der Waals surface area contributed by atoms with Gasteiger partial charge in [-0.15, -0.1) is 0 Å². The van der Waals surface area contributed by atoms with Crippen LogP contribution in [0.15, 0.2) is 188 Å². The fraction of sp³-hybridized carbons (Fsp3) is 0.156. The molecule has 47 heavy (non-hydrogen) atoms. The highest BCUT2D eigenvalue weighted by Crippen LogP contribution is 2.34. The summed E-state index contributed by atoms with van der Waals surface area (Å²) in [5.74, 6) is 0. The van der Waals surface area contributed by atoms with Gasteiger partial charge >= 0.3 is 0 Å². The Hall–Kier alpha value is -5.34. The van der Waals surface area contributed by atoms with Crippen molar-refractivity contribution in [3.63, 3.8) is 0 Å². The van der Waals surface area contributed by atoms with Gasteiger partial charge in [0.05, 0.1) is 0 Å². The number of hydrogen-bond acceptors (Lipinski definition) is 2. The highest BCUT2D eigenvalue weighted by Gasteiger charge is 2.16. The number of rotatable bonds is 14. The fourth-order valence-electron chi connectivity index (χ4n) is 5.82. The van der Waals surface area contributed by atoms with E-state index in [1.54, 1.807) is 0 Å². The van der Waals surface area contributed by atoms with E-state index in [1.807, 2.05) is 18.2 Å². The average Bonchev–Trinajstić information content (AvgIpc) is 3.14. The van der Waals surface area contributed by atoms with E-state index in [0.29, 0.717) is 0 Å². The van der Waals surface area contributed by atoms with Crippen LogP contribution >= 0.6 is 0 Å². The smallest absolute Gasteiger partial charge is 0.0462 e. The molecule has 2 nitrogen and oxygen atoms in total. The van der Waals surface area contributed by atoms with E-state index in [2.05, 4.69) is 176 Å². The second-order valence-electron chi connectivity index (χ2n) is 11.5. The molecule has 2 heteroatoms. The quantitative estimate of drug-likeness (QED) is 0.130. The van der Waals surface area contributed by atoms with Crippen molar-refractivity contribution in [3.05, 3.63) is 188 Å². The topological polar surface area (TPSA) is 6.48 Å². The monoisotopic (exact) mass is 614 g/mol. The SMILES string of the molecule is C=C/C=C(\C=C/CC)N(c1ccccc1)c1ccc(-c2ccc(-c3ccc(N(C4=CCCC=C4)/C(C=C)=C/CCC)cc3)cc2)cc1. The molecule has 0 heterocycles. The summed E-state index contributed by atoms with van der Waals surface area (Å²) >= 11 is 0. The van der Waals surface area contributed by atoms with Gasteiger partial charge in [0.15, 0.2) is 0 Å². The lowest BCUT2D eigenvalue weighted by atomic mass is 9.99. The highest BCUT2D eigenvalue weighted by atomic mass is 15.2. The molecular weight excluding hydrogens is 569 g/mol. The van der Waals surface area contributed by atoms with Crippen LogP contribution in [0.3, 0.4) is 0 Å². The molecular formula is C45H46N2. The third-order valence-electron chi connectivity index (χ3n) is 8.23. The second kappa shape index (κ2) is 16.8. The lowest BCUT2D eigenvalue weighted by Gasteiger charge is -2.28. The Morgan fingerprint density at radius 3 is 1.70 bits per heavy atom. The van der Waals surface area contributed by atoms with Crippen LogP contribution in [0.1, 0.15) is 46.0 Å². The molecule has 1 aliphatic rings. The average molecular weight is 615 g/mol. The van der Waals surface area contributed by atoms with Crippen molar-refractivity contribution in [1.29, 1.82) is 0 Å². The van der Waals surface area contributed by atoms with Crippen LogP contribution in [0.5, 0.6) is 0 Å². The van der Waals surface area contributed by atoms with Crippen LogP contribution in [0.25, 0.3) is 22.3 Å². The molecule has 5 rings (SSSR count). The molecule has 0 N–H and O–H groups in total. The number of hydrogen-bond donors (Lipinski definition) is 0. The Morgan fingerprint density at radius 2 is 1.21 bits per heavy atom. The Balaban J connectivity index is 1.38. The molecule has 0 amide bonds. The van der Waals surface area contributed by atoms with Gasteiger partial charge in [0.1, 0.15) is 0 Å². The third kappa shape index (κ3) is 8.28. The first-order valence-corrected chi connectivity index (χ1v) is 16.8. The molecule has 0 bridgehead atoms. The molecule has 0 radical (unpaired) electrons. The minimum absolute atomic E-state index is 0.969. The number of unbranched alkanes of at least 4 members (excludes halogenated alkanes) is 1. The molecule has 0 aliphatic heterocycles. The number of benzene rings is 4. The Labute approximate surface area is 282 Å². The number of allylic oxidation sites excluding steroid dienone is 9. The molecule has 0 saturated heterocycles. The number of para-hydroxylation sites is 1. The van der Waals surface area contributed by atoms with Gasteiger partial charge in [-0.2, -0.15) is 0 Å². The van der Waals surface area contributed by atoms with Crippen LogP contribution < -0.4 is 9.80 Å². The van der Waals surface area contributed by atoms with E-state index in [-0.39, 0.29) is 0 Å². The summed E-state index contributed by atoms with van der Waals surface area (Å²) in [4.78, 5) is 4.59. The zero-order valence-corrected chi connectivity index (χ0v) is 27.9. The summed E-state index contributed by atoms with van der Waals surface area (Å²) in [6, 6.07) is 37.0. The largest absolute Gasteiger partial charge is 0.311 e. The molecule has 0 atom stereocenters. The van der Waals surface area contributed by atoms with E-state index < -0.39 is 0 Å². The molecule has 1 aliphatic carbocycles. The van der Waals surface area contributed by atoms with Crippen molar-refractivity contribution >= 4 is 17.1 Å². The van der Waals surface area contributed by atoms with E-state index in [9.17, 15) is 0 Å². The van der Waals surface area contributed by atoms with Crippen LogP contribution in [-0.2, 0) is 0 Å². The van der Waals surface area contributed by atoms with Crippen molar-refractivity contribution < 1.29 is 0 Å². The first kappa shape index (κ1) is 33.0. The zero-order valence-electron chi connectivity index (χ0n) is 27.9. The van der Waals surface area contributed by atoms with Crippen molar-refractivity contribution in [1.82, 2.24) is 0 Å². The van der Waals surface area contributed by atoms with Gasteiger partial charge in [-0.05, 0) is 109 Å². The zero-order chi connectivity index (χ0) is 32.8. The Kier molecular flexibility index (Phi) is 11.8. The van der Waals surface area contributed by atoms with Crippen LogP contribution in [-0.4, -0.2) is 0 Å². The minimum atomic E-state index is 0.969. The van der Waals surface area contributed by atoms with Gasteiger partial charge in [-0.1, -0.05) is 131 Å². The lowest BCUT2D eigenvalue weighted by molar-refractivity contribution is 0.937. The molecule has 0 spiro atoms. The molecule has 0 unspecified atom stereocenters. The third-order valence-corrected chi connectivity index (χ3v) is 8.23. The van der Waals surface area contributed by atoms with Gasteiger partial charge in [0.2, 0.25) is 0 Å². The summed E-state index contributed by atoms with van der Waals surface area (Å²) in [6.45, 7) is 12.5. The van der Waals surface area contributed by atoms with E-state index in [1.165, 1.54) is 28.0 Å². The fourth-order valence-corrected chi connectivity index (χ4v) is 5.82. The van der Waals surface area contributed by atoms with Crippen molar-refractivity contribution in [3.8, 4) is 22.3 Å². The summed E-state index contributed by atoms with van der Waals surface area (Å²) in [6.07, 6.45) is 24.6. The van der Waals surface area contributed by atoms with E-state index >= 15 is 0 Å². The predicted octanol–water partition coefficient (Wildman–Crippen LogP) is 13.1. The first-order chi connectivity index (χ1) is 23.2. The molecule has 236 valence electrons. The van der Waals surface area contributed by atoms with E-state index in [4.69, 9.17) is 0 Å². The summed E-state index contributed by atoms with van der Waals surface area (Å²) in [5, 5.41) is 0. The maximum absolute atomic E-state index is 4.13. The Bertz CT molecular complexity index is 1760. The van der Waals surface area contributed by atoms with Crippen LogP contribution in [0.4, 0.5) is 17.1 Å². The molecule has 4 aromatic carbocycles. The van der Waals surface area contributed by atoms with Crippen LogP contribution in [0.2, 0.25) is 0 Å². The summed E-state index contributed by atoms with van der Waals surface area (Å²) < 4.78 is 0. The minimum Gasteiger partial charge on any atom is -0.311 e. The summed E-state index contributed by atoms with van der Waals surface area (Å²) in [5.41, 5.74) is 11.5. The number of nitrogens with zero attached hydrogens (tertiary/aromatic N) is 2. The second-order valence-corrected chi connectivity index (χ2v) is 11.5. The molecule has 0 saturated carbocycles. The molecule has 0 aromatic heterocycles. The lowest BCUT2D eigenvalue weighted by Crippen LogP contribution is -2.20. The van der Waals surface area contributed by atoms with Gasteiger partial charge in [0, 0.05) is 34.2 Å². The van der Waals surface area contributed by atoms with Gasteiger partial charge in [-0.25, -0.2) is 0 Å². The van der Waals surface area contributed by atoms with E-state index in [0.717, 1.165) is 60.6 Å². The van der Waals surface area contributed by atoms with Crippen LogP contribution in [0, 0.1) is 0 Å². The molecule has 0 fully saturated rings. The van der Waals surface area contributed by atoms with Crippen molar-refractivity contribution in [2.45, 2.75) is 46.0 Å². The maximum atomic E-state index is 4.13. The molecule has 4 aromatic rings. The van der Waals surface area contributed by atoms with Crippen molar-refractivity contribution in [2.75, 3.05) is 9.80 Å². The van der Waals surface area contributed by atoms with Gasteiger partial charge in [0.25, 0.3) is 0 Å². The normalized spacial score (nSPS) is 13.4. The maximum Gasteiger partial charge on any atom is 0.0462 e. The van der Waals surface area contributed by atoms with Gasteiger partial charge in [-0.3, -0.25) is 0 Å². The highest BCUT2D eigenvalue weighted by molar-refractivity contribution is 5.76. The first-order valence-electron chi connectivity index (χ1n) is 16.8. The summed E-state index contributed by atoms with van der Waals surface area (Å²) in [7, 11) is 0. The van der Waals surface area contributed by atoms with Crippen molar-refractivity contribution in [2.24, 2.45) is 0 Å².